The zero-order valence-corrected chi connectivity index (χ0v) is 12.1. The molecule has 0 aliphatic heterocycles. The molecule has 0 saturated heterocycles. The van der Waals surface area contributed by atoms with Crippen LogP contribution in [0.4, 0.5) is 0 Å². The number of nitrogens with one attached hydrogen (secondary N) is 1. The SMILES string of the molecule is Clc1cccc(CNCc2nnc3ccccn23)c1Cl. The largest absolute Gasteiger partial charge is 0.306 e. The third kappa shape index (κ3) is 2.63. The number of fused-ring (bicyclic) bond motifs is 1. The van der Waals surface area contributed by atoms with E-state index in [0.717, 1.165) is 17.0 Å². The summed E-state index contributed by atoms with van der Waals surface area (Å²) >= 11 is 12.1. The second-order valence-corrected chi connectivity index (χ2v) is 5.15. The topological polar surface area (TPSA) is 42.2 Å². The minimum absolute atomic E-state index is 0.568. The standard InChI is InChI=1S/C14H12Cl2N4/c15-11-5-3-4-10(14(11)16)8-17-9-13-19-18-12-6-1-2-7-20(12)13/h1-7,17H,8-9H2. The molecule has 0 amide bonds. The van der Waals surface area contributed by atoms with Crippen LogP contribution >= 0.6 is 23.2 Å². The van der Waals surface area contributed by atoms with E-state index >= 15 is 0 Å². The summed E-state index contributed by atoms with van der Waals surface area (Å²) in [7, 11) is 0. The van der Waals surface area contributed by atoms with E-state index in [-0.39, 0.29) is 0 Å². The maximum absolute atomic E-state index is 6.14. The number of benzene rings is 1. The van der Waals surface area contributed by atoms with E-state index in [4.69, 9.17) is 23.2 Å². The Morgan fingerprint density at radius 2 is 1.90 bits per heavy atom. The van der Waals surface area contributed by atoms with Gasteiger partial charge in [0.25, 0.3) is 0 Å². The number of hydrogen-bond acceptors (Lipinski definition) is 3. The average Bonchev–Trinajstić information content (AvgIpc) is 2.87. The van der Waals surface area contributed by atoms with Gasteiger partial charge in [-0.3, -0.25) is 4.40 Å². The quantitative estimate of drug-likeness (QED) is 0.804. The van der Waals surface area contributed by atoms with Crippen molar-refractivity contribution in [2.45, 2.75) is 13.1 Å². The van der Waals surface area contributed by atoms with Crippen molar-refractivity contribution in [2.75, 3.05) is 0 Å². The lowest BCUT2D eigenvalue weighted by Crippen LogP contribution is -2.15. The molecule has 0 aliphatic rings. The first-order valence-electron chi connectivity index (χ1n) is 6.18. The highest BCUT2D eigenvalue weighted by atomic mass is 35.5. The van der Waals surface area contributed by atoms with Crippen LogP contribution in [0.25, 0.3) is 5.65 Å². The van der Waals surface area contributed by atoms with Gasteiger partial charge in [-0.25, -0.2) is 0 Å². The number of hydrogen-bond donors (Lipinski definition) is 1. The van der Waals surface area contributed by atoms with Crippen LogP contribution in [0.15, 0.2) is 42.6 Å². The van der Waals surface area contributed by atoms with E-state index in [1.807, 2.05) is 40.9 Å². The van der Waals surface area contributed by atoms with Crippen LogP contribution in [-0.2, 0) is 13.1 Å². The van der Waals surface area contributed by atoms with Gasteiger partial charge in [0, 0.05) is 12.7 Å². The third-order valence-electron chi connectivity index (χ3n) is 3.01. The Kier molecular flexibility index (Phi) is 3.87. The Labute approximate surface area is 126 Å². The summed E-state index contributed by atoms with van der Waals surface area (Å²) in [5.74, 6) is 0.860. The molecule has 3 aromatic rings. The predicted octanol–water partition coefficient (Wildman–Crippen LogP) is 3.33. The van der Waals surface area contributed by atoms with Crippen LogP contribution in [-0.4, -0.2) is 14.6 Å². The Bertz CT molecular complexity index is 739. The molecule has 0 bridgehead atoms. The van der Waals surface area contributed by atoms with Gasteiger partial charge < -0.3 is 5.32 Å². The smallest absolute Gasteiger partial charge is 0.160 e. The van der Waals surface area contributed by atoms with Crippen molar-refractivity contribution < 1.29 is 0 Å². The summed E-state index contributed by atoms with van der Waals surface area (Å²) in [6, 6.07) is 11.4. The zero-order valence-electron chi connectivity index (χ0n) is 10.6. The van der Waals surface area contributed by atoms with Crippen molar-refractivity contribution in [2.24, 2.45) is 0 Å². The van der Waals surface area contributed by atoms with Crippen LogP contribution in [0.3, 0.4) is 0 Å². The van der Waals surface area contributed by atoms with Crippen molar-refractivity contribution in [3.05, 3.63) is 64.0 Å². The monoisotopic (exact) mass is 306 g/mol. The fraction of sp³-hybridized carbons (Fsp3) is 0.143. The van der Waals surface area contributed by atoms with Gasteiger partial charge in [-0.2, -0.15) is 0 Å². The summed E-state index contributed by atoms with van der Waals surface area (Å²) in [4.78, 5) is 0. The van der Waals surface area contributed by atoms with Crippen LogP contribution < -0.4 is 5.32 Å². The number of aromatic nitrogens is 3. The van der Waals surface area contributed by atoms with Gasteiger partial charge in [-0.05, 0) is 23.8 Å². The fourth-order valence-electron chi connectivity index (χ4n) is 2.01. The summed E-state index contributed by atoms with van der Waals surface area (Å²) in [6.45, 7) is 1.23. The van der Waals surface area contributed by atoms with Gasteiger partial charge >= 0.3 is 0 Å². The van der Waals surface area contributed by atoms with E-state index in [2.05, 4.69) is 15.5 Å². The van der Waals surface area contributed by atoms with E-state index < -0.39 is 0 Å². The Morgan fingerprint density at radius 1 is 1.00 bits per heavy atom. The van der Waals surface area contributed by atoms with E-state index in [0.29, 0.717) is 23.1 Å². The summed E-state index contributed by atoms with van der Waals surface area (Å²) in [5, 5.41) is 12.7. The van der Waals surface area contributed by atoms with E-state index in [1.54, 1.807) is 6.07 Å². The second kappa shape index (κ2) is 5.79. The second-order valence-electron chi connectivity index (χ2n) is 4.36. The molecule has 0 saturated carbocycles. The molecule has 0 aliphatic carbocycles. The van der Waals surface area contributed by atoms with Crippen LogP contribution in [0, 0.1) is 0 Å². The normalized spacial score (nSPS) is 11.1. The first kappa shape index (κ1) is 13.4. The molecule has 20 heavy (non-hydrogen) atoms. The molecule has 0 radical (unpaired) electrons. The lowest BCUT2D eigenvalue weighted by molar-refractivity contribution is 0.657. The Balaban J connectivity index is 1.70. The molecule has 0 unspecified atom stereocenters. The molecule has 1 aromatic carbocycles. The minimum atomic E-state index is 0.568. The van der Waals surface area contributed by atoms with Crippen LogP contribution in [0.1, 0.15) is 11.4 Å². The summed E-state index contributed by atoms with van der Waals surface area (Å²) < 4.78 is 1.95. The molecule has 0 atom stereocenters. The van der Waals surface area contributed by atoms with Crippen LogP contribution in [0.5, 0.6) is 0 Å². The van der Waals surface area contributed by atoms with Gasteiger partial charge in [-0.1, -0.05) is 41.4 Å². The molecule has 2 heterocycles. The predicted molar refractivity (Wildman–Crippen MR) is 80.0 cm³/mol. The van der Waals surface area contributed by atoms with Crippen molar-refractivity contribution in [1.82, 2.24) is 19.9 Å². The molecule has 1 N–H and O–H groups in total. The van der Waals surface area contributed by atoms with Gasteiger partial charge in [0.2, 0.25) is 0 Å². The number of halogens is 2. The van der Waals surface area contributed by atoms with Crippen molar-refractivity contribution in [3.63, 3.8) is 0 Å². The minimum Gasteiger partial charge on any atom is -0.306 e. The first-order chi connectivity index (χ1) is 9.75. The molecule has 0 fully saturated rings. The van der Waals surface area contributed by atoms with Crippen molar-refractivity contribution >= 4 is 28.8 Å². The van der Waals surface area contributed by atoms with Gasteiger partial charge in [0.05, 0.1) is 16.6 Å². The van der Waals surface area contributed by atoms with Crippen molar-refractivity contribution in [3.8, 4) is 0 Å². The first-order valence-corrected chi connectivity index (χ1v) is 6.93. The molecule has 0 spiro atoms. The van der Waals surface area contributed by atoms with E-state index in [1.165, 1.54) is 0 Å². The lowest BCUT2D eigenvalue weighted by Gasteiger charge is -2.07. The maximum atomic E-state index is 6.14. The highest BCUT2D eigenvalue weighted by Crippen LogP contribution is 2.25. The Hall–Kier alpha value is -1.62. The Morgan fingerprint density at radius 3 is 2.80 bits per heavy atom. The zero-order chi connectivity index (χ0) is 13.9. The van der Waals surface area contributed by atoms with E-state index in [9.17, 15) is 0 Å². The molecule has 4 nitrogen and oxygen atoms in total. The molecular weight excluding hydrogens is 295 g/mol. The lowest BCUT2D eigenvalue weighted by atomic mass is 10.2. The highest BCUT2D eigenvalue weighted by Gasteiger charge is 2.06. The fourth-order valence-corrected chi connectivity index (χ4v) is 2.39. The van der Waals surface area contributed by atoms with Crippen molar-refractivity contribution in [1.29, 1.82) is 0 Å². The number of pyridine rings is 1. The summed E-state index contributed by atoms with van der Waals surface area (Å²) in [5.41, 5.74) is 1.80. The maximum Gasteiger partial charge on any atom is 0.160 e. The molecule has 102 valence electrons. The highest BCUT2D eigenvalue weighted by molar-refractivity contribution is 6.42. The molecule has 3 rings (SSSR count). The number of nitrogens with zero attached hydrogens (tertiary/aromatic N) is 3. The molecular formula is C14H12Cl2N4. The number of rotatable bonds is 4. The summed E-state index contributed by atoms with van der Waals surface area (Å²) in [6.07, 6.45) is 1.94. The molecule has 6 heteroatoms. The third-order valence-corrected chi connectivity index (χ3v) is 3.87. The molecule has 2 aromatic heterocycles. The van der Waals surface area contributed by atoms with Gasteiger partial charge in [0.15, 0.2) is 11.5 Å². The van der Waals surface area contributed by atoms with Gasteiger partial charge in [-0.15, -0.1) is 10.2 Å². The average molecular weight is 307 g/mol. The van der Waals surface area contributed by atoms with Crippen LogP contribution in [0.2, 0.25) is 10.0 Å². The van der Waals surface area contributed by atoms with Gasteiger partial charge in [0.1, 0.15) is 0 Å².